The Hall–Kier alpha value is -8.19. The van der Waals surface area contributed by atoms with E-state index in [0.717, 1.165) is 36.9 Å². The topological polar surface area (TPSA) is 276 Å². The van der Waals surface area contributed by atoms with Crippen LogP contribution >= 0.6 is 11.8 Å². The summed E-state index contributed by atoms with van der Waals surface area (Å²) < 4.78 is 39.4. The molecule has 1 saturated carbocycles. The third-order valence-electron chi connectivity index (χ3n) is 17.7. The van der Waals surface area contributed by atoms with Crippen LogP contribution in [0.5, 0.6) is 0 Å². The van der Waals surface area contributed by atoms with Crippen molar-refractivity contribution in [2.24, 2.45) is 5.92 Å². The van der Waals surface area contributed by atoms with Gasteiger partial charge in [0.1, 0.15) is 59.1 Å². The normalized spacial score (nSPS) is 24.4. The van der Waals surface area contributed by atoms with Crippen LogP contribution in [0.1, 0.15) is 108 Å². The van der Waals surface area contributed by atoms with Gasteiger partial charge in [0.15, 0.2) is 0 Å². The summed E-state index contributed by atoms with van der Waals surface area (Å²) in [4.78, 5) is 121. The maximum Gasteiger partial charge on any atom is 0.246 e. The van der Waals surface area contributed by atoms with E-state index in [1.54, 1.807) is 60.0 Å². The van der Waals surface area contributed by atoms with Gasteiger partial charge in [0.25, 0.3) is 0 Å². The highest BCUT2D eigenvalue weighted by molar-refractivity contribution is 7.98. The molecule has 468 valence electrons. The van der Waals surface area contributed by atoms with E-state index >= 15 is 14.0 Å². The number of aromatic nitrogens is 5. The number of hydrogen-bond donors (Lipinski definition) is 7. The average molecular weight is 1230 g/mol. The highest BCUT2D eigenvalue weighted by Crippen LogP contribution is 2.34. The third kappa shape index (κ3) is 14.4. The Morgan fingerprint density at radius 1 is 0.875 bits per heavy atom. The molecule has 10 rings (SSSR count). The monoisotopic (exact) mass is 1230 g/mol. The van der Waals surface area contributed by atoms with E-state index in [2.05, 4.69) is 47.2 Å². The molecule has 2 saturated heterocycles. The smallest absolute Gasteiger partial charge is 0.246 e. The number of carbonyl (C=O) groups excluding carboxylic acids is 8. The second-order valence-electron chi connectivity index (χ2n) is 24.0. The minimum absolute atomic E-state index is 0.0569. The Morgan fingerprint density at radius 2 is 1.65 bits per heavy atom. The fraction of sp³-hybridized carbons (Fsp3) is 0.492. The SMILES string of the molecule is COC1CCC(C[C@@H]2NC(=O)[C@H](C)NC(=O)[C@@H]3CCCN3C(=O)[C@H](NC(=O)[C@H](Cc3c[nH]c4ccc(F)cc34)NC(=O)[C@@H](C)NC(C)=O)Cc3cn(c4ccc(F)cc34)Cc3cn(nn3)-c3cccc(c3)CSCCNC(=O)[C@]3(C)CCCN3C2=O)CC1. The molecule has 6 aromatic rings. The van der Waals surface area contributed by atoms with Crippen molar-refractivity contribution >= 4 is 80.8 Å². The molecule has 25 heteroatoms. The van der Waals surface area contributed by atoms with Crippen LogP contribution in [0.15, 0.2) is 79.3 Å². The molecule has 7 atom stereocenters. The Labute approximate surface area is 512 Å². The number of fused-ring (bicyclic) bond motifs is 13. The molecule has 3 aromatic heterocycles. The fourth-order valence-electron chi connectivity index (χ4n) is 12.9. The molecule has 4 aliphatic rings. The first-order chi connectivity index (χ1) is 42.2. The maximum absolute atomic E-state index is 15.5. The number of benzene rings is 3. The number of carbonyl (C=O) groups is 8. The van der Waals surface area contributed by atoms with E-state index in [0.29, 0.717) is 88.9 Å². The highest BCUT2D eigenvalue weighted by Gasteiger charge is 2.48. The van der Waals surface area contributed by atoms with Crippen molar-refractivity contribution in [2.45, 2.75) is 159 Å². The zero-order valence-corrected chi connectivity index (χ0v) is 51.0. The number of nitrogens with one attached hydrogen (secondary N) is 7. The molecule has 7 N–H and O–H groups in total. The van der Waals surface area contributed by atoms with Gasteiger partial charge in [0, 0.05) is 92.2 Å². The van der Waals surface area contributed by atoms with Crippen LogP contribution in [0.3, 0.4) is 0 Å². The van der Waals surface area contributed by atoms with Crippen LogP contribution in [0.25, 0.3) is 27.5 Å². The first kappa shape index (κ1) is 62.8. The molecule has 0 radical (unpaired) electrons. The van der Waals surface area contributed by atoms with Crippen molar-refractivity contribution in [2.75, 3.05) is 32.5 Å². The van der Waals surface area contributed by atoms with E-state index < -0.39 is 94.8 Å². The standard InChI is InChI=1S/C63H77F2N13O9S/c1-36(68-38(3)79)56(80)70-51(27-41-31-67-50-18-14-43(64)29-48(41)50)58(82)72-53-28-42-32-75(54-19-15-44(65)30-49(42)54)33-45-34-78(74-73-45)46-10-6-9-40(25-46)35-88-24-21-66-62(86)63(4)20-8-23-77(63)61(85)52(26-39-12-16-47(87-5)17-13-39)71-57(81)37(2)69-59(83)55-11-7-22-76(55)60(53)84/h6,9-10,14-15,18-19,25,29-32,34,36-37,39,47,51-53,55,67H,7-8,11-13,16-17,20-24,26-28,33,35H2,1-5H3,(H,66,86)(H,68,79)(H,69,83)(H,70,80)(H,71,81)(H,72,82)/t36-,37+,39?,47?,51+,52+,53-,55+,63+/m1/s1. The number of nitrogens with zero attached hydrogens (tertiary/aromatic N) is 6. The van der Waals surface area contributed by atoms with Crippen molar-refractivity contribution in [1.29, 1.82) is 0 Å². The molecule has 22 nitrogen and oxygen atoms in total. The summed E-state index contributed by atoms with van der Waals surface area (Å²) in [7, 11) is 1.68. The molecule has 88 heavy (non-hydrogen) atoms. The minimum atomic E-state index is -1.48. The zero-order chi connectivity index (χ0) is 62.4. The van der Waals surface area contributed by atoms with E-state index in [1.807, 2.05) is 28.8 Å². The van der Waals surface area contributed by atoms with Crippen LogP contribution in [0, 0.1) is 17.6 Å². The summed E-state index contributed by atoms with van der Waals surface area (Å²) in [5, 5.41) is 26.8. The van der Waals surface area contributed by atoms with Crippen molar-refractivity contribution in [3.63, 3.8) is 0 Å². The maximum atomic E-state index is 15.5. The van der Waals surface area contributed by atoms with Crippen molar-refractivity contribution in [3.05, 3.63) is 113 Å². The zero-order valence-electron chi connectivity index (χ0n) is 50.2. The van der Waals surface area contributed by atoms with E-state index in [-0.39, 0.29) is 50.3 Å². The fourth-order valence-corrected chi connectivity index (χ4v) is 13.7. The van der Waals surface area contributed by atoms with Crippen molar-refractivity contribution in [3.8, 4) is 5.69 Å². The first-order valence-corrected chi connectivity index (χ1v) is 31.4. The number of rotatable bonds is 10. The Kier molecular flexibility index (Phi) is 19.6. The molecule has 8 amide bonds. The Morgan fingerprint density at radius 3 is 2.42 bits per heavy atom. The number of aromatic amines is 1. The van der Waals surface area contributed by atoms with Crippen LogP contribution in [-0.2, 0) is 68.2 Å². The Balaban J connectivity index is 0.993. The van der Waals surface area contributed by atoms with E-state index in [1.165, 1.54) is 56.0 Å². The number of halogens is 2. The molecule has 3 aromatic carbocycles. The number of hydrogen-bond acceptors (Lipinski definition) is 12. The summed E-state index contributed by atoms with van der Waals surface area (Å²) in [6, 6.07) is 8.77. The van der Waals surface area contributed by atoms with Gasteiger partial charge in [-0.05, 0) is 150 Å². The number of H-pyrrole nitrogens is 1. The van der Waals surface area contributed by atoms with E-state index in [4.69, 9.17) is 4.74 Å². The lowest BCUT2D eigenvalue weighted by molar-refractivity contribution is -0.147. The van der Waals surface area contributed by atoms with Crippen LogP contribution < -0.4 is 31.9 Å². The summed E-state index contributed by atoms with van der Waals surface area (Å²) in [5.41, 5.74) is 3.12. The van der Waals surface area contributed by atoms with Crippen molar-refractivity contribution < 1.29 is 51.9 Å². The number of methoxy groups -OCH3 is 1. The second-order valence-corrected chi connectivity index (χ2v) is 25.1. The third-order valence-corrected chi connectivity index (χ3v) is 18.7. The minimum Gasteiger partial charge on any atom is -0.381 e. The van der Waals surface area contributed by atoms with Gasteiger partial charge in [-0.1, -0.05) is 17.3 Å². The van der Waals surface area contributed by atoms with Gasteiger partial charge in [0.05, 0.1) is 24.5 Å². The van der Waals surface area contributed by atoms with Gasteiger partial charge in [0.2, 0.25) is 47.3 Å². The summed E-state index contributed by atoms with van der Waals surface area (Å²) in [6.45, 7) is 6.82. The Bertz CT molecular complexity index is 3600. The van der Waals surface area contributed by atoms with Gasteiger partial charge >= 0.3 is 0 Å². The largest absolute Gasteiger partial charge is 0.381 e. The quantitative estimate of drug-likeness (QED) is 0.0990. The molecule has 6 heterocycles. The molecular weight excluding hydrogens is 1150 g/mol. The molecule has 3 fully saturated rings. The summed E-state index contributed by atoms with van der Waals surface area (Å²) >= 11 is 1.63. The van der Waals surface area contributed by atoms with Crippen molar-refractivity contribution in [1.82, 2.24) is 66.2 Å². The predicted molar refractivity (Wildman–Crippen MR) is 325 cm³/mol. The van der Waals surface area contributed by atoms with Gasteiger partial charge < -0.3 is 56.0 Å². The van der Waals surface area contributed by atoms with Gasteiger partial charge in [-0.2, -0.15) is 11.8 Å². The lowest BCUT2D eigenvalue weighted by Gasteiger charge is -2.38. The van der Waals surface area contributed by atoms with Crippen LogP contribution in [0.2, 0.25) is 0 Å². The lowest BCUT2D eigenvalue weighted by Crippen LogP contribution is -2.61. The number of amides is 8. The van der Waals surface area contributed by atoms with Crippen LogP contribution in [-0.4, -0.2) is 162 Å². The average Bonchev–Trinajstić information content (AvgIpc) is 2.58. The summed E-state index contributed by atoms with van der Waals surface area (Å²) in [6.07, 6.45) is 9.66. The highest BCUT2D eigenvalue weighted by atomic mass is 32.2. The molecule has 1 aliphatic carbocycles. The predicted octanol–water partition coefficient (Wildman–Crippen LogP) is 4.63. The summed E-state index contributed by atoms with van der Waals surface area (Å²) in [5.74, 6) is -4.59. The molecule has 6 bridgehead atoms. The van der Waals surface area contributed by atoms with Crippen LogP contribution in [0.4, 0.5) is 8.78 Å². The number of thioether (sulfide) groups is 1. The first-order valence-electron chi connectivity index (χ1n) is 30.3. The molecule has 3 aliphatic heterocycles. The number of ether oxygens (including phenoxy) is 1. The lowest BCUT2D eigenvalue weighted by atomic mass is 9.83. The van der Waals surface area contributed by atoms with Gasteiger partial charge in [-0.15, -0.1) is 5.10 Å². The second kappa shape index (κ2) is 27.5. The van der Waals surface area contributed by atoms with Gasteiger partial charge in [-0.25, -0.2) is 13.5 Å². The van der Waals surface area contributed by atoms with Gasteiger partial charge in [-0.3, -0.25) is 38.4 Å². The molecule has 0 unspecified atom stereocenters. The molecule has 0 spiro atoms. The molecular formula is C63H77F2N13O9S. The van der Waals surface area contributed by atoms with E-state index in [9.17, 15) is 33.2 Å².